The summed E-state index contributed by atoms with van der Waals surface area (Å²) in [5, 5.41) is 0. The van der Waals surface area contributed by atoms with E-state index in [0.717, 1.165) is 30.1 Å². The normalized spacial score (nSPS) is 43.9. The molecule has 6 atom stereocenters. The number of hydrogen-bond donors (Lipinski definition) is 0. The average Bonchev–Trinajstić information content (AvgIpc) is 2.58. The molecule has 0 aromatic carbocycles. The summed E-state index contributed by atoms with van der Waals surface area (Å²) < 4.78 is 5.56. The zero-order chi connectivity index (χ0) is 18.2. The summed E-state index contributed by atoms with van der Waals surface area (Å²) >= 11 is 0. The van der Waals surface area contributed by atoms with Gasteiger partial charge in [0.1, 0.15) is 6.61 Å². The van der Waals surface area contributed by atoms with E-state index in [9.17, 15) is 4.79 Å². The van der Waals surface area contributed by atoms with Crippen LogP contribution in [0.3, 0.4) is 0 Å². The second kappa shape index (κ2) is 7.08. The van der Waals surface area contributed by atoms with Crippen LogP contribution in [0.4, 0.5) is 0 Å². The van der Waals surface area contributed by atoms with Crippen LogP contribution in [0.1, 0.15) is 79.1 Å². The zero-order valence-corrected chi connectivity index (χ0v) is 16.9. The molecule has 0 radical (unpaired) electrons. The minimum Gasteiger partial charge on any atom is -0.461 e. The van der Waals surface area contributed by atoms with Crippen LogP contribution >= 0.6 is 0 Å². The molecule has 3 rings (SSSR count). The molecule has 0 aliphatic heterocycles. The van der Waals surface area contributed by atoms with Crippen molar-refractivity contribution in [3.63, 3.8) is 0 Å². The van der Waals surface area contributed by atoms with Crippen molar-refractivity contribution in [3.8, 4) is 0 Å². The van der Waals surface area contributed by atoms with Gasteiger partial charge < -0.3 is 4.74 Å². The summed E-state index contributed by atoms with van der Waals surface area (Å²) in [4.78, 5) is 12.9. The number of rotatable bonds is 4. The summed E-state index contributed by atoms with van der Waals surface area (Å²) in [6.45, 7) is 13.5. The number of hydrogen-bond acceptors (Lipinski definition) is 2. The lowest BCUT2D eigenvalue weighted by molar-refractivity contribution is -0.178. The van der Waals surface area contributed by atoms with E-state index in [-0.39, 0.29) is 11.4 Å². The molecular formula is C23H38O2. The molecule has 3 saturated carbocycles. The Hall–Kier alpha value is -0.790. The van der Waals surface area contributed by atoms with E-state index in [2.05, 4.69) is 34.3 Å². The van der Waals surface area contributed by atoms with E-state index in [1.807, 2.05) is 0 Å². The highest BCUT2D eigenvalue weighted by atomic mass is 16.5. The van der Waals surface area contributed by atoms with Crippen molar-refractivity contribution in [1.82, 2.24) is 0 Å². The third-order valence-corrected chi connectivity index (χ3v) is 8.41. The summed E-state index contributed by atoms with van der Waals surface area (Å²) in [5.74, 6) is 3.94. The molecule has 0 aromatic heterocycles. The predicted octanol–water partition coefficient (Wildman–Crippen LogP) is 6.01. The third-order valence-electron chi connectivity index (χ3n) is 8.41. The fourth-order valence-electron chi connectivity index (χ4n) is 7.02. The van der Waals surface area contributed by atoms with Crippen LogP contribution in [0.15, 0.2) is 12.7 Å². The molecule has 3 fully saturated rings. The van der Waals surface area contributed by atoms with Crippen LogP contribution in [0, 0.1) is 40.4 Å². The fraction of sp³-hybridized carbons (Fsp3) is 0.870. The first kappa shape index (κ1) is 19.0. The minimum absolute atomic E-state index is 0.0256. The van der Waals surface area contributed by atoms with Crippen molar-refractivity contribution in [2.24, 2.45) is 40.4 Å². The van der Waals surface area contributed by atoms with Crippen LogP contribution in [-0.2, 0) is 9.53 Å². The molecule has 2 nitrogen and oxygen atoms in total. The van der Waals surface area contributed by atoms with Crippen molar-refractivity contribution in [3.05, 3.63) is 12.7 Å². The number of fused-ring (bicyclic) bond motifs is 3. The molecule has 0 spiro atoms. The Morgan fingerprint density at radius 2 is 1.96 bits per heavy atom. The third kappa shape index (κ3) is 3.19. The van der Waals surface area contributed by atoms with E-state index in [0.29, 0.717) is 17.9 Å². The summed E-state index contributed by atoms with van der Waals surface area (Å²) in [7, 11) is 0. The van der Waals surface area contributed by atoms with Gasteiger partial charge in [0.05, 0.1) is 5.41 Å². The quantitative estimate of drug-likeness (QED) is 0.460. The van der Waals surface area contributed by atoms with Gasteiger partial charge >= 0.3 is 5.97 Å². The first-order valence-electron chi connectivity index (χ1n) is 10.6. The van der Waals surface area contributed by atoms with E-state index in [4.69, 9.17) is 4.74 Å². The molecule has 2 heteroatoms. The van der Waals surface area contributed by atoms with Gasteiger partial charge in [0, 0.05) is 0 Å². The summed E-state index contributed by atoms with van der Waals surface area (Å²) in [6, 6.07) is 0. The van der Waals surface area contributed by atoms with Gasteiger partial charge in [-0.05, 0) is 86.9 Å². The molecule has 3 aliphatic carbocycles. The van der Waals surface area contributed by atoms with Gasteiger partial charge in [-0.3, -0.25) is 4.79 Å². The smallest absolute Gasteiger partial charge is 0.312 e. The molecule has 0 N–H and O–H groups in total. The van der Waals surface area contributed by atoms with E-state index in [1.165, 1.54) is 44.9 Å². The first-order chi connectivity index (χ1) is 11.8. The Morgan fingerprint density at radius 3 is 2.64 bits per heavy atom. The van der Waals surface area contributed by atoms with Crippen LogP contribution in [-0.4, -0.2) is 12.6 Å². The average molecular weight is 347 g/mol. The Bertz CT molecular complexity index is 510. The van der Waals surface area contributed by atoms with Crippen LogP contribution in [0.25, 0.3) is 0 Å². The van der Waals surface area contributed by atoms with Gasteiger partial charge in [0.15, 0.2) is 0 Å². The minimum atomic E-state index is -0.296. The number of carbonyl (C=O) groups is 1. The highest BCUT2D eigenvalue weighted by Gasteiger charge is 2.59. The van der Waals surface area contributed by atoms with Gasteiger partial charge in [-0.1, -0.05) is 39.8 Å². The zero-order valence-electron chi connectivity index (χ0n) is 16.9. The van der Waals surface area contributed by atoms with Crippen LogP contribution in [0.5, 0.6) is 0 Å². The molecule has 142 valence electrons. The molecule has 3 aliphatic rings. The first-order valence-corrected chi connectivity index (χ1v) is 10.6. The molecule has 25 heavy (non-hydrogen) atoms. The Kier molecular flexibility index (Phi) is 5.38. The molecular weight excluding hydrogens is 308 g/mol. The molecule has 3 unspecified atom stereocenters. The maximum Gasteiger partial charge on any atom is 0.312 e. The lowest BCUT2D eigenvalue weighted by Crippen LogP contribution is -2.56. The second-order valence-electron chi connectivity index (χ2n) is 9.98. The Labute approximate surface area is 154 Å². The van der Waals surface area contributed by atoms with Crippen LogP contribution < -0.4 is 0 Å². The van der Waals surface area contributed by atoms with E-state index < -0.39 is 0 Å². The Balaban J connectivity index is 1.81. The molecule has 0 amide bonds. The van der Waals surface area contributed by atoms with Gasteiger partial charge in [-0.25, -0.2) is 0 Å². The van der Waals surface area contributed by atoms with E-state index in [1.54, 1.807) is 6.08 Å². The van der Waals surface area contributed by atoms with Gasteiger partial charge in [-0.15, -0.1) is 0 Å². The molecule has 0 saturated heterocycles. The standard InChI is InChI=1S/C23H38O2/c1-6-14-25-21(24)23(5)13-7-12-22(4)19-10-8-17(16(2)3)15-18(19)9-11-20(22)23/h6,16-20H,1,7-15H2,2-5H3/t17?,18?,19-,20?,22-,23+/m1/s1. The predicted molar refractivity (Wildman–Crippen MR) is 103 cm³/mol. The topological polar surface area (TPSA) is 26.3 Å². The number of ether oxygens (including phenoxy) is 1. The maximum absolute atomic E-state index is 12.9. The summed E-state index contributed by atoms with van der Waals surface area (Å²) in [6.07, 6.45) is 11.9. The monoisotopic (exact) mass is 346 g/mol. The number of esters is 1. The Morgan fingerprint density at radius 1 is 1.20 bits per heavy atom. The lowest BCUT2D eigenvalue weighted by atomic mass is 9.43. The van der Waals surface area contributed by atoms with Crippen molar-refractivity contribution in [1.29, 1.82) is 0 Å². The van der Waals surface area contributed by atoms with Crippen LogP contribution in [0.2, 0.25) is 0 Å². The highest BCUT2D eigenvalue weighted by molar-refractivity contribution is 5.77. The largest absolute Gasteiger partial charge is 0.461 e. The number of carbonyl (C=O) groups excluding carboxylic acids is 1. The van der Waals surface area contributed by atoms with Crippen molar-refractivity contribution in [2.45, 2.75) is 79.1 Å². The fourth-order valence-corrected chi connectivity index (χ4v) is 7.02. The molecule has 0 heterocycles. The molecule has 0 bridgehead atoms. The second-order valence-corrected chi connectivity index (χ2v) is 9.98. The SMILES string of the molecule is C=CCOC(=O)[C@@]1(C)CCC[C@@]2(C)C1CCC1CC(C(C)C)CC[C@H]12. The van der Waals surface area contributed by atoms with Gasteiger partial charge in [-0.2, -0.15) is 0 Å². The van der Waals surface area contributed by atoms with Crippen molar-refractivity contribution in [2.75, 3.05) is 6.61 Å². The summed E-state index contributed by atoms with van der Waals surface area (Å²) in [5.41, 5.74) is 0.0287. The maximum atomic E-state index is 12.9. The highest BCUT2D eigenvalue weighted by Crippen LogP contribution is 2.64. The van der Waals surface area contributed by atoms with Gasteiger partial charge in [0.25, 0.3) is 0 Å². The van der Waals surface area contributed by atoms with Crippen molar-refractivity contribution >= 4 is 5.97 Å². The molecule has 0 aromatic rings. The van der Waals surface area contributed by atoms with E-state index >= 15 is 0 Å². The lowest BCUT2D eigenvalue weighted by Gasteiger charge is -2.61. The van der Waals surface area contributed by atoms with Gasteiger partial charge in [0.2, 0.25) is 0 Å². The van der Waals surface area contributed by atoms with Crippen molar-refractivity contribution < 1.29 is 9.53 Å².